The molecule has 4 rings (SSSR count). The summed E-state index contributed by atoms with van der Waals surface area (Å²) in [7, 11) is 3.04. The minimum atomic E-state index is -0.851. The standard InChI is InChI=1S/C29H30N2O6/c1-5-13-37-21-9-10-22(18(2)14-21)27(32)25-26(20-8-11-23(35-3)24(15-20)36-4)31(29(34)28(25)33)17-19-7-6-12-30-16-19/h6-12,14-16,26,32H,5,13,17H2,1-4H3/t26-/m1/s1. The Morgan fingerprint density at radius 3 is 2.49 bits per heavy atom. The number of ether oxygens (including phenoxy) is 3. The molecule has 8 nitrogen and oxygen atoms in total. The third kappa shape index (κ3) is 5.14. The molecule has 37 heavy (non-hydrogen) atoms. The molecule has 1 aliphatic rings. The Kier molecular flexibility index (Phi) is 7.77. The predicted molar refractivity (Wildman–Crippen MR) is 139 cm³/mol. The van der Waals surface area contributed by atoms with Crippen LogP contribution in [0.2, 0.25) is 0 Å². The third-order valence-electron chi connectivity index (χ3n) is 6.26. The van der Waals surface area contributed by atoms with Crippen molar-refractivity contribution in [3.8, 4) is 17.2 Å². The first kappa shape index (κ1) is 25.8. The van der Waals surface area contributed by atoms with Gasteiger partial charge in [-0.3, -0.25) is 14.6 Å². The van der Waals surface area contributed by atoms with E-state index in [4.69, 9.17) is 14.2 Å². The van der Waals surface area contributed by atoms with Gasteiger partial charge in [0.1, 0.15) is 11.5 Å². The Bertz CT molecular complexity index is 1340. The zero-order chi connectivity index (χ0) is 26.5. The number of aliphatic hydroxyl groups excluding tert-OH is 1. The van der Waals surface area contributed by atoms with E-state index in [2.05, 4.69) is 4.98 Å². The van der Waals surface area contributed by atoms with Crippen molar-refractivity contribution in [3.63, 3.8) is 0 Å². The number of aliphatic hydroxyl groups is 1. The van der Waals surface area contributed by atoms with Crippen LogP contribution in [0.25, 0.3) is 5.76 Å². The van der Waals surface area contributed by atoms with Crippen molar-refractivity contribution in [3.05, 3.63) is 88.8 Å². The molecule has 1 aliphatic heterocycles. The quantitative estimate of drug-likeness (QED) is 0.255. The highest BCUT2D eigenvalue weighted by molar-refractivity contribution is 6.46. The molecule has 0 unspecified atom stereocenters. The smallest absolute Gasteiger partial charge is 0.295 e. The lowest BCUT2D eigenvalue weighted by atomic mass is 9.93. The van der Waals surface area contributed by atoms with Crippen LogP contribution in [0.15, 0.2) is 66.5 Å². The minimum Gasteiger partial charge on any atom is -0.507 e. The van der Waals surface area contributed by atoms with Gasteiger partial charge >= 0.3 is 0 Å². The first-order chi connectivity index (χ1) is 17.9. The molecule has 1 N–H and O–H groups in total. The van der Waals surface area contributed by atoms with Crippen molar-refractivity contribution in [2.75, 3.05) is 20.8 Å². The maximum Gasteiger partial charge on any atom is 0.295 e. The van der Waals surface area contributed by atoms with Gasteiger partial charge in [0, 0.05) is 24.5 Å². The largest absolute Gasteiger partial charge is 0.507 e. The topological polar surface area (TPSA) is 98.2 Å². The molecule has 0 spiro atoms. The number of hydrogen-bond acceptors (Lipinski definition) is 7. The molecule has 1 amide bonds. The molecule has 2 aromatic carbocycles. The van der Waals surface area contributed by atoms with E-state index in [1.165, 1.54) is 19.1 Å². The molecule has 2 heterocycles. The molecule has 3 aromatic rings. The van der Waals surface area contributed by atoms with Gasteiger partial charge in [0.25, 0.3) is 11.7 Å². The number of ketones is 1. The number of likely N-dealkylation sites (tertiary alicyclic amines) is 1. The highest BCUT2D eigenvalue weighted by Gasteiger charge is 2.46. The highest BCUT2D eigenvalue weighted by atomic mass is 16.5. The molecule has 192 valence electrons. The Labute approximate surface area is 216 Å². The number of benzene rings is 2. The van der Waals surface area contributed by atoms with E-state index in [1.807, 2.05) is 26.0 Å². The van der Waals surface area contributed by atoms with Gasteiger partial charge in [0.2, 0.25) is 0 Å². The Hall–Kier alpha value is -4.33. The van der Waals surface area contributed by atoms with Crippen LogP contribution in [0.4, 0.5) is 0 Å². The molecule has 0 bridgehead atoms. The summed E-state index contributed by atoms with van der Waals surface area (Å²) in [6, 6.07) is 13.2. The van der Waals surface area contributed by atoms with Crippen LogP contribution in [0, 0.1) is 6.92 Å². The number of Topliss-reactive ketones (excluding diaryl/α,β-unsaturated/α-hetero) is 1. The second kappa shape index (κ2) is 11.2. The van der Waals surface area contributed by atoms with Crippen LogP contribution in [-0.2, 0) is 16.1 Å². The van der Waals surface area contributed by atoms with Gasteiger partial charge in [0.05, 0.1) is 32.4 Å². The van der Waals surface area contributed by atoms with E-state index in [9.17, 15) is 14.7 Å². The third-order valence-corrected chi connectivity index (χ3v) is 6.26. The lowest BCUT2D eigenvalue weighted by molar-refractivity contribution is -0.140. The molecule has 1 fully saturated rings. The van der Waals surface area contributed by atoms with Crippen molar-refractivity contribution in [1.82, 2.24) is 9.88 Å². The molecule has 1 saturated heterocycles. The van der Waals surface area contributed by atoms with E-state index < -0.39 is 17.7 Å². The second-order valence-electron chi connectivity index (χ2n) is 8.73. The summed E-state index contributed by atoms with van der Waals surface area (Å²) in [5.74, 6) is -0.0806. The summed E-state index contributed by atoms with van der Waals surface area (Å²) in [5.41, 5.74) is 2.53. The molecule has 0 saturated carbocycles. The van der Waals surface area contributed by atoms with E-state index in [1.54, 1.807) is 48.8 Å². The number of hydrogen-bond donors (Lipinski definition) is 1. The van der Waals surface area contributed by atoms with E-state index >= 15 is 0 Å². The number of rotatable bonds is 9. The summed E-state index contributed by atoms with van der Waals surface area (Å²) < 4.78 is 16.5. The summed E-state index contributed by atoms with van der Waals surface area (Å²) >= 11 is 0. The summed E-state index contributed by atoms with van der Waals surface area (Å²) in [6.45, 7) is 4.55. The fourth-order valence-electron chi connectivity index (χ4n) is 4.46. The first-order valence-corrected chi connectivity index (χ1v) is 12.0. The van der Waals surface area contributed by atoms with Crippen molar-refractivity contribution < 1.29 is 28.9 Å². The van der Waals surface area contributed by atoms with Crippen molar-refractivity contribution in [1.29, 1.82) is 0 Å². The molecule has 0 aliphatic carbocycles. The number of amides is 1. The van der Waals surface area contributed by atoms with Gasteiger partial charge in [0.15, 0.2) is 11.5 Å². The average molecular weight is 503 g/mol. The van der Waals surface area contributed by atoms with Gasteiger partial charge in [-0.2, -0.15) is 0 Å². The molecular formula is C29H30N2O6. The first-order valence-electron chi connectivity index (χ1n) is 12.0. The SMILES string of the molecule is CCCOc1ccc(C(O)=C2C(=O)C(=O)N(Cc3cccnc3)[C@@H]2c2ccc(OC)c(OC)c2)c(C)c1. The maximum atomic E-state index is 13.4. The van der Waals surface area contributed by atoms with Crippen molar-refractivity contribution in [2.45, 2.75) is 32.9 Å². The Morgan fingerprint density at radius 2 is 1.84 bits per heavy atom. The fourth-order valence-corrected chi connectivity index (χ4v) is 4.46. The van der Waals surface area contributed by atoms with Crippen LogP contribution in [-0.4, -0.2) is 47.5 Å². The summed E-state index contributed by atoms with van der Waals surface area (Å²) in [6.07, 6.45) is 4.15. The zero-order valence-electron chi connectivity index (χ0n) is 21.4. The van der Waals surface area contributed by atoms with Gasteiger partial charge in [-0.25, -0.2) is 0 Å². The van der Waals surface area contributed by atoms with Gasteiger partial charge < -0.3 is 24.2 Å². The van der Waals surface area contributed by atoms with Gasteiger partial charge in [-0.1, -0.05) is 19.1 Å². The van der Waals surface area contributed by atoms with Crippen LogP contribution in [0.1, 0.15) is 41.6 Å². The summed E-state index contributed by atoms with van der Waals surface area (Å²) in [4.78, 5) is 32.3. The van der Waals surface area contributed by atoms with E-state index in [0.717, 1.165) is 17.5 Å². The monoisotopic (exact) mass is 502 g/mol. The number of carbonyl (C=O) groups is 2. The van der Waals surface area contributed by atoms with Crippen LogP contribution in [0.5, 0.6) is 17.2 Å². The Morgan fingerprint density at radius 1 is 1.05 bits per heavy atom. The fraction of sp³-hybridized carbons (Fsp3) is 0.276. The lowest BCUT2D eigenvalue weighted by Gasteiger charge is -2.26. The maximum absolute atomic E-state index is 13.4. The number of pyridine rings is 1. The number of aryl methyl sites for hydroxylation is 1. The van der Waals surface area contributed by atoms with Gasteiger partial charge in [-0.05, 0) is 66.4 Å². The number of nitrogens with zero attached hydrogens (tertiary/aromatic N) is 2. The van der Waals surface area contributed by atoms with Gasteiger partial charge in [-0.15, -0.1) is 0 Å². The van der Waals surface area contributed by atoms with Crippen molar-refractivity contribution in [2.24, 2.45) is 0 Å². The minimum absolute atomic E-state index is 0.00596. The van der Waals surface area contributed by atoms with Crippen LogP contribution in [0.3, 0.4) is 0 Å². The average Bonchev–Trinajstić information content (AvgIpc) is 3.16. The molecular weight excluding hydrogens is 472 g/mol. The predicted octanol–water partition coefficient (Wildman–Crippen LogP) is 4.82. The normalized spacial score (nSPS) is 16.6. The molecule has 1 atom stereocenters. The van der Waals surface area contributed by atoms with E-state index in [-0.39, 0.29) is 17.9 Å². The van der Waals surface area contributed by atoms with Crippen molar-refractivity contribution >= 4 is 17.4 Å². The second-order valence-corrected chi connectivity index (χ2v) is 8.73. The number of aromatic nitrogens is 1. The van der Waals surface area contributed by atoms with Crippen LogP contribution >= 0.6 is 0 Å². The summed E-state index contributed by atoms with van der Waals surface area (Å²) in [5, 5.41) is 11.5. The highest BCUT2D eigenvalue weighted by Crippen LogP contribution is 2.43. The number of carbonyl (C=O) groups excluding carboxylic acids is 2. The van der Waals surface area contributed by atoms with E-state index in [0.29, 0.717) is 35.0 Å². The number of methoxy groups -OCH3 is 2. The molecule has 0 radical (unpaired) electrons. The molecule has 8 heteroatoms. The molecule has 1 aromatic heterocycles. The van der Waals surface area contributed by atoms with Crippen LogP contribution < -0.4 is 14.2 Å². The lowest BCUT2D eigenvalue weighted by Crippen LogP contribution is -2.29. The zero-order valence-corrected chi connectivity index (χ0v) is 21.4. The Balaban J connectivity index is 1.86.